The first-order valence-electron chi connectivity index (χ1n) is 7.13. The van der Waals surface area contributed by atoms with Crippen LogP contribution in [-0.2, 0) is 0 Å². The lowest BCUT2D eigenvalue weighted by atomic mass is 10.0. The number of pyridine rings is 1. The summed E-state index contributed by atoms with van der Waals surface area (Å²) in [6, 6.07) is 4.60. The Bertz CT molecular complexity index is 350. The van der Waals surface area contributed by atoms with Gasteiger partial charge in [-0.25, -0.2) is 4.98 Å². The SMILES string of the molecule is CCOc1ccc(NC2CCCC(C)CC2)cn1. The van der Waals surface area contributed by atoms with E-state index in [0.717, 1.165) is 11.6 Å². The van der Waals surface area contributed by atoms with Crippen molar-refractivity contribution in [1.82, 2.24) is 4.98 Å². The number of anilines is 1. The van der Waals surface area contributed by atoms with Crippen LogP contribution in [0.15, 0.2) is 18.3 Å². The third-order valence-corrected chi connectivity index (χ3v) is 3.66. The Balaban J connectivity index is 1.88. The van der Waals surface area contributed by atoms with Crippen LogP contribution in [0.1, 0.15) is 46.0 Å². The summed E-state index contributed by atoms with van der Waals surface area (Å²) in [5, 5.41) is 3.59. The highest BCUT2D eigenvalue weighted by Crippen LogP contribution is 2.25. The zero-order valence-corrected chi connectivity index (χ0v) is 11.5. The lowest BCUT2D eigenvalue weighted by Crippen LogP contribution is -2.18. The first-order chi connectivity index (χ1) is 8.78. The van der Waals surface area contributed by atoms with Gasteiger partial charge in [0.1, 0.15) is 0 Å². The first-order valence-corrected chi connectivity index (χ1v) is 7.13. The van der Waals surface area contributed by atoms with Crippen molar-refractivity contribution in [2.75, 3.05) is 11.9 Å². The second-order valence-electron chi connectivity index (χ2n) is 5.27. The van der Waals surface area contributed by atoms with E-state index in [1.54, 1.807) is 0 Å². The van der Waals surface area contributed by atoms with Gasteiger partial charge in [-0.05, 0) is 38.2 Å². The Morgan fingerprint density at radius 1 is 1.28 bits per heavy atom. The van der Waals surface area contributed by atoms with Crippen LogP contribution in [0.2, 0.25) is 0 Å². The molecule has 0 aliphatic heterocycles. The summed E-state index contributed by atoms with van der Waals surface area (Å²) in [6.45, 7) is 5.00. The molecule has 2 unspecified atom stereocenters. The van der Waals surface area contributed by atoms with Gasteiger partial charge < -0.3 is 10.1 Å². The molecular weight excluding hydrogens is 224 g/mol. The Morgan fingerprint density at radius 2 is 2.17 bits per heavy atom. The topological polar surface area (TPSA) is 34.1 Å². The monoisotopic (exact) mass is 248 g/mol. The Morgan fingerprint density at radius 3 is 2.89 bits per heavy atom. The molecule has 100 valence electrons. The van der Waals surface area contributed by atoms with Gasteiger partial charge in [-0.2, -0.15) is 0 Å². The molecule has 0 saturated heterocycles. The number of nitrogens with one attached hydrogen (secondary N) is 1. The van der Waals surface area contributed by atoms with Gasteiger partial charge in [-0.3, -0.25) is 0 Å². The Kier molecular flexibility index (Phi) is 4.85. The van der Waals surface area contributed by atoms with E-state index in [0.29, 0.717) is 18.5 Å². The molecule has 1 aliphatic carbocycles. The largest absolute Gasteiger partial charge is 0.478 e. The van der Waals surface area contributed by atoms with E-state index < -0.39 is 0 Å². The summed E-state index contributed by atoms with van der Waals surface area (Å²) in [6.07, 6.45) is 8.47. The highest BCUT2D eigenvalue weighted by molar-refractivity contribution is 5.42. The fraction of sp³-hybridized carbons (Fsp3) is 0.667. The van der Waals surface area contributed by atoms with Crippen LogP contribution in [0.25, 0.3) is 0 Å². The standard InChI is InChI=1S/C15H24N2O/c1-3-18-15-10-9-14(11-16-15)17-13-6-4-5-12(2)7-8-13/h9-13,17H,3-8H2,1-2H3. The predicted octanol–water partition coefficient (Wildman–Crippen LogP) is 3.86. The first kappa shape index (κ1) is 13.2. The minimum atomic E-state index is 0.606. The molecule has 1 aromatic heterocycles. The highest BCUT2D eigenvalue weighted by Gasteiger charge is 2.15. The summed E-state index contributed by atoms with van der Waals surface area (Å²) in [4.78, 5) is 4.29. The van der Waals surface area contributed by atoms with Gasteiger partial charge in [-0.1, -0.05) is 19.8 Å². The van der Waals surface area contributed by atoms with Crippen LogP contribution in [0.3, 0.4) is 0 Å². The maximum Gasteiger partial charge on any atom is 0.213 e. The van der Waals surface area contributed by atoms with E-state index in [4.69, 9.17) is 4.74 Å². The second-order valence-corrected chi connectivity index (χ2v) is 5.27. The summed E-state index contributed by atoms with van der Waals surface area (Å²) >= 11 is 0. The van der Waals surface area contributed by atoms with Gasteiger partial charge in [0.25, 0.3) is 0 Å². The summed E-state index contributed by atoms with van der Waals surface area (Å²) < 4.78 is 5.35. The number of hydrogen-bond donors (Lipinski definition) is 1. The van der Waals surface area contributed by atoms with E-state index in [2.05, 4.69) is 23.3 Å². The summed E-state index contributed by atoms with van der Waals surface area (Å²) in [7, 11) is 0. The van der Waals surface area contributed by atoms with Crippen LogP contribution in [0.4, 0.5) is 5.69 Å². The lowest BCUT2D eigenvalue weighted by Gasteiger charge is -2.17. The van der Waals surface area contributed by atoms with Gasteiger partial charge in [-0.15, -0.1) is 0 Å². The predicted molar refractivity (Wildman–Crippen MR) is 75.1 cm³/mol. The number of ether oxygens (including phenoxy) is 1. The third kappa shape index (κ3) is 3.90. The maximum absolute atomic E-state index is 5.35. The Labute approximate surface area is 110 Å². The lowest BCUT2D eigenvalue weighted by molar-refractivity contribution is 0.327. The van der Waals surface area contributed by atoms with Crippen molar-refractivity contribution in [3.8, 4) is 5.88 Å². The van der Waals surface area contributed by atoms with Crippen LogP contribution in [0, 0.1) is 5.92 Å². The fourth-order valence-electron chi connectivity index (χ4n) is 2.57. The quantitative estimate of drug-likeness (QED) is 0.821. The average Bonchev–Trinajstić information content (AvgIpc) is 2.57. The molecule has 3 nitrogen and oxygen atoms in total. The molecule has 1 aliphatic rings. The molecule has 1 saturated carbocycles. The van der Waals surface area contributed by atoms with Gasteiger partial charge >= 0.3 is 0 Å². The summed E-state index contributed by atoms with van der Waals surface area (Å²) in [5.41, 5.74) is 1.11. The molecule has 0 amide bonds. The number of aromatic nitrogens is 1. The molecule has 0 aromatic carbocycles. The van der Waals surface area contributed by atoms with Crippen molar-refractivity contribution in [2.24, 2.45) is 5.92 Å². The van der Waals surface area contributed by atoms with Crippen LogP contribution in [0.5, 0.6) is 5.88 Å². The molecule has 0 bridgehead atoms. The molecule has 2 atom stereocenters. The van der Waals surface area contributed by atoms with Gasteiger partial charge in [0.2, 0.25) is 5.88 Å². The van der Waals surface area contributed by atoms with Crippen LogP contribution >= 0.6 is 0 Å². The zero-order chi connectivity index (χ0) is 12.8. The highest BCUT2D eigenvalue weighted by atomic mass is 16.5. The Hall–Kier alpha value is -1.25. The molecule has 0 radical (unpaired) electrons. The van der Waals surface area contributed by atoms with E-state index in [1.165, 1.54) is 32.1 Å². The molecule has 2 rings (SSSR count). The van der Waals surface area contributed by atoms with Gasteiger partial charge in [0.15, 0.2) is 0 Å². The van der Waals surface area contributed by atoms with Crippen molar-refractivity contribution >= 4 is 5.69 Å². The second kappa shape index (κ2) is 6.62. The van der Waals surface area contributed by atoms with Crippen molar-refractivity contribution in [3.05, 3.63) is 18.3 Å². The molecule has 3 heteroatoms. The molecule has 18 heavy (non-hydrogen) atoms. The third-order valence-electron chi connectivity index (χ3n) is 3.66. The van der Waals surface area contributed by atoms with E-state index in [9.17, 15) is 0 Å². The van der Waals surface area contributed by atoms with Gasteiger partial charge in [0.05, 0.1) is 18.5 Å². The molecule has 1 fully saturated rings. The fourth-order valence-corrected chi connectivity index (χ4v) is 2.57. The maximum atomic E-state index is 5.35. The van der Waals surface area contributed by atoms with Crippen molar-refractivity contribution in [2.45, 2.75) is 52.0 Å². The van der Waals surface area contributed by atoms with E-state index >= 15 is 0 Å². The normalized spacial score (nSPS) is 24.3. The summed E-state index contributed by atoms with van der Waals surface area (Å²) in [5.74, 6) is 1.59. The minimum absolute atomic E-state index is 0.606. The number of nitrogens with zero attached hydrogens (tertiary/aromatic N) is 1. The van der Waals surface area contributed by atoms with Crippen molar-refractivity contribution in [1.29, 1.82) is 0 Å². The molecule has 1 aromatic rings. The van der Waals surface area contributed by atoms with Gasteiger partial charge in [0, 0.05) is 12.1 Å². The van der Waals surface area contributed by atoms with Crippen LogP contribution < -0.4 is 10.1 Å². The van der Waals surface area contributed by atoms with E-state index in [-0.39, 0.29) is 0 Å². The molecule has 1 heterocycles. The molecule has 0 spiro atoms. The van der Waals surface area contributed by atoms with Crippen molar-refractivity contribution < 1.29 is 4.74 Å². The van der Waals surface area contributed by atoms with Crippen LogP contribution in [-0.4, -0.2) is 17.6 Å². The molecule has 1 N–H and O–H groups in total. The van der Waals surface area contributed by atoms with E-state index in [1.807, 2.05) is 19.2 Å². The smallest absolute Gasteiger partial charge is 0.213 e. The average molecular weight is 248 g/mol. The zero-order valence-electron chi connectivity index (χ0n) is 11.5. The number of hydrogen-bond acceptors (Lipinski definition) is 3. The minimum Gasteiger partial charge on any atom is -0.478 e. The molecular formula is C15H24N2O. The van der Waals surface area contributed by atoms with Crippen molar-refractivity contribution in [3.63, 3.8) is 0 Å². The number of rotatable bonds is 4.